The largest absolute Gasteiger partial charge is 0.299 e. The van der Waals surface area contributed by atoms with E-state index in [9.17, 15) is 0 Å². The van der Waals surface area contributed by atoms with Crippen LogP contribution in [0.1, 0.15) is 0 Å². The van der Waals surface area contributed by atoms with Crippen molar-refractivity contribution in [3.8, 4) is 0 Å². The second-order valence-corrected chi connectivity index (χ2v) is 1.60. The maximum Gasteiger partial charge on any atom is 0.0509 e. The molecule has 0 aliphatic carbocycles. The number of hydrogen-bond donors (Lipinski definition) is 3. The van der Waals surface area contributed by atoms with E-state index in [1.54, 1.807) is 0 Å². The van der Waals surface area contributed by atoms with Gasteiger partial charge in [0.15, 0.2) is 0 Å². The van der Waals surface area contributed by atoms with Gasteiger partial charge >= 0.3 is 0 Å². The van der Waals surface area contributed by atoms with Crippen molar-refractivity contribution >= 4 is 5.69 Å². The molecule has 0 bridgehead atoms. The third kappa shape index (κ3) is 1.71. The summed E-state index contributed by atoms with van der Waals surface area (Å²) >= 11 is 0. The fraction of sp³-hybridized carbons (Fsp3) is 0. The minimum Gasteiger partial charge on any atom is -0.299 e. The van der Waals surface area contributed by atoms with Crippen molar-refractivity contribution in [2.75, 3.05) is 5.43 Å². The van der Waals surface area contributed by atoms with Gasteiger partial charge in [-0.1, -0.05) is 18.2 Å². The third-order valence-corrected chi connectivity index (χ3v) is 0.974. The molecular weight excluding hydrogens is 116 g/mol. The first-order chi connectivity index (χ1) is 4.43. The standard InChI is InChI=1S/C6H8N2O/c9-8-7-6-4-2-1-3-5-6/h1-5,7-9H. The molecule has 0 radical (unpaired) electrons. The van der Waals surface area contributed by atoms with Crippen LogP contribution in [0.3, 0.4) is 0 Å². The van der Waals surface area contributed by atoms with Gasteiger partial charge in [0, 0.05) is 0 Å². The molecule has 0 amide bonds. The van der Waals surface area contributed by atoms with Crippen molar-refractivity contribution in [3.63, 3.8) is 0 Å². The molecule has 0 aromatic heterocycles. The summed E-state index contributed by atoms with van der Waals surface area (Å²) in [6.45, 7) is 0. The van der Waals surface area contributed by atoms with Gasteiger partial charge in [-0.05, 0) is 12.1 Å². The minimum absolute atomic E-state index is 0.833. The molecule has 3 N–H and O–H groups in total. The molecule has 9 heavy (non-hydrogen) atoms. The highest BCUT2D eigenvalue weighted by Gasteiger charge is 1.81. The second-order valence-electron chi connectivity index (χ2n) is 1.60. The quantitative estimate of drug-likeness (QED) is 0.515. The molecule has 0 atom stereocenters. The molecule has 0 aliphatic heterocycles. The summed E-state index contributed by atoms with van der Waals surface area (Å²) < 4.78 is 0. The van der Waals surface area contributed by atoms with Gasteiger partial charge in [0.1, 0.15) is 0 Å². The van der Waals surface area contributed by atoms with E-state index in [1.807, 2.05) is 35.9 Å². The first-order valence-corrected chi connectivity index (χ1v) is 2.63. The molecular formula is C6H8N2O. The number of hydrazine groups is 1. The summed E-state index contributed by atoms with van der Waals surface area (Å²) in [6, 6.07) is 9.33. The summed E-state index contributed by atoms with van der Waals surface area (Å²) in [7, 11) is 0. The monoisotopic (exact) mass is 124 g/mol. The summed E-state index contributed by atoms with van der Waals surface area (Å²) in [6.07, 6.45) is 0. The van der Waals surface area contributed by atoms with E-state index < -0.39 is 0 Å². The highest BCUT2D eigenvalue weighted by Crippen LogP contribution is 2.01. The highest BCUT2D eigenvalue weighted by atomic mass is 16.5. The fourth-order valence-corrected chi connectivity index (χ4v) is 0.586. The van der Waals surface area contributed by atoms with Crippen LogP contribution in [0.2, 0.25) is 0 Å². The van der Waals surface area contributed by atoms with Gasteiger partial charge in [0.2, 0.25) is 0 Å². The first kappa shape index (κ1) is 6.07. The smallest absolute Gasteiger partial charge is 0.0509 e. The molecule has 0 saturated heterocycles. The second kappa shape index (κ2) is 3.06. The Labute approximate surface area is 53.2 Å². The molecule has 0 saturated carbocycles. The van der Waals surface area contributed by atoms with Gasteiger partial charge in [0.05, 0.1) is 5.69 Å². The van der Waals surface area contributed by atoms with E-state index in [0.717, 1.165) is 5.69 Å². The third-order valence-electron chi connectivity index (χ3n) is 0.974. The maximum absolute atomic E-state index is 8.16. The zero-order chi connectivity index (χ0) is 6.53. The SMILES string of the molecule is ONNc1ccccc1. The van der Waals surface area contributed by atoms with Crippen LogP contribution >= 0.6 is 0 Å². The van der Waals surface area contributed by atoms with Crippen molar-refractivity contribution in [1.29, 1.82) is 0 Å². The van der Waals surface area contributed by atoms with Gasteiger partial charge in [-0.15, -0.1) is 5.59 Å². The maximum atomic E-state index is 8.16. The number of anilines is 1. The van der Waals surface area contributed by atoms with Crippen LogP contribution in [-0.4, -0.2) is 5.21 Å². The lowest BCUT2D eigenvalue weighted by Crippen LogP contribution is -2.15. The molecule has 48 valence electrons. The van der Waals surface area contributed by atoms with Crippen molar-refractivity contribution < 1.29 is 5.21 Å². The van der Waals surface area contributed by atoms with Crippen LogP contribution in [0, 0.1) is 0 Å². The summed E-state index contributed by atoms with van der Waals surface area (Å²) in [5.41, 5.74) is 5.18. The number of rotatable bonds is 2. The van der Waals surface area contributed by atoms with Crippen LogP contribution in [0.25, 0.3) is 0 Å². The molecule has 3 nitrogen and oxygen atoms in total. The number of hydrogen-bond acceptors (Lipinski definition) is 3. The van der Waals surface area contributed by atoms with Gasteiger partial charge in [0.25, 0.3) is 0 Å². The first-order valence-electron chi connectivity index (χ1n) is 2.63. The average molecular weight is 124 g/mol. The van der Waals surface area contributed by atoms with E-state index >= 15 is 0 Å². The van der Waals surface area contributed by atoms with Crippen molar-refractivity contribution in [2.24, 2.45) is 0 Å². The van der Waals surface area contributed by atoms with Crippen LogP contribution in [0.4, 0.5) is 5.69 Å². The molecule has 1 rings (SSSR count). The Bertz CT molecular complexity index is 164. The van der Waals surface area contributed by atoms with Gasteiger partial charge < -0.3 is 0 Å². The zero-order valence-corrected chi connectivity index (χ0v) is 4.83. The Morgan fingerprint density at radius 2 is 1.78 bits per heavy atom. The van der Waals surface area contributed by atoms with Crippen molar-refractivity contribution in [3.05, 3.63) is 30.3 Å². The van der Waals surface area contributed by atoms with E-state index in [-0.39, 0.29) is 0 Å². The van der Waals surface area contributed by atoms with Crippen molar-refractivity contribution in [1.82, 2.24) is 5.59 Å². The lowest BCUT2D eigenvalue weighted by Gasteiger charge is -1.99. The van der Waals surface area contributed by atoms with Crippen LogP contribution < -0.4 is 11.0 Å². The molecule has 0 aliphatic rings. The Balaban J connectivity index is 2.61. The molecule has 0 fully saturated rings. The Morgan fingerprint density at radius 3 is 2.33 bits per heavy atom. The van der Waals surface area contributed by atoms with Gasteiger partial charge in [-0.2, -0.15) is 0 Å². The van der Waals surface area contributed by atoms with Crippen LogP contribution in [0.5, 0.6) is 0 Å². The van der Waals surface area contributed by atoms with E-state index in [2.05, 4.69) is 5.43 Å². The predicted octanol–water partition coefficient (Wildman–Crippen LogP) is 0.992. The highest BCUT2D eigenvalue weighted by molar-refractivity contribution is 5.40. The predicted molar refractivity (Wildman–Crippen MR) is 35.0 cm³/mol. The summed E-state index contributed by atoms with van der Waals surface area (Å²) in [5, 5.41) is 8.16. The topological polar surface area (TPSA) is 44.3 Å². The van der Waals surface area contributed by atoms with Gasteiger partial charge in [-0.25, -0.2) is 0 Å². The van der Waals surface area contributed by atoms with Crippen LogP contribution in [-0.2, 0) is 0 Å². The van der Waals surface area contributed by atoms with E-state index in [0.29, 0.717) is 0 Å². The molecule has 0 heterocycles. The normalized spacial score (nSPS) is 9.00. The molecule has 3 heteroatoms. The summed E-state index contributed by atoms with van der Waals surface area (Å²) in [5.74, 6) is 0. The molecule has 0 unspecified atom stereocenters. The number of para-hydroxylation sites is 1. The van der Waals surface area contributed by atoms with Crippen LogP contribution in [0.15, 0.2) is 30.3 Å². The zero-order valence-electron chi connectivity index (χ0n) is 4.83. The Kier molecular flexibility index (Phi) is 2.06. The average Bonchev–Trinajstić information content (AvgIpc) is 1.91. The number of nitrogens with one attached hydrogen (secondary N) is 2. The summed E-state index contributed by atoms with van der Waals surface area (Å²) in [4.78, 5) is 0. The minimum atomic E-state index is 0.833. The number of benzene rings is 1. The molecule has 0 spiro atoms. The molecule has 1 aromatic rings. The molecule has 1 aromatic carbocycles. The van der Waals surface area contributed by atoms with Crippen molar-refractivity contribution in [2.45, 2.75) is 0 Å². The Morgan fingerprint density at radius 1 is 1.11 bits per heavy atom. The van der Waals surface area contributed by atoms with E-state index in [4.69, 9.17) is 5.21 Å². The van der Waals surface area contributed by atoms with Gasteiger partial charge in [-0.3, -0.25) is 10.6 Å². The lowest BCUT2D eigenvalue weighted by molar-refractivity contribution is 0.193. The van der Waals surface area contributed by atoms with E-state index in [1.165, 1.54) is 0 Å². The fourth-order valence-electron chi connectivity index (χ4n) is 0.586. The lowest BCUT2D eigenvalue weighted by atomic mass is 10.3. The Hall–Kier alpha value is -1.06.